The first-order valence-electron chi connectivity index (χ1n) is 10.2. The summed E-state index contributed by atoms with van der Waals surface area (Å²) in [6.07, 6.45) is 1.55. The molecule has 2 aromatic heterocycles. The molecule has 0 aliphatic carbocycles. The third kappa shape index (κ3) is 5.23. The van der Waals surface area contributed by atoms with Crippen molar-refractivity contribution in [3.63, 3.8) is 0 Å². The third-order valence-electron chi connectivity index (χ3n) is 5.40. The largest absolute Gasteiger partial charge is 0.339 e. The highest BCUT2D eigenvalue weighted by Gasteiger charge is 2.23. The van der Waals surface area contributed by atoms with E-state index in [0.717, 1.165) is 32.1 Å². The third-order valence-corrected chi connectivity index (χ3v) is 7.21. The van der Waals surface area contributed by atoms with E-state index in [4.69, 9.17) is 0 Å². The number of carbonyl (C=O) groups excluding carboxylic acids is 2. The number of hydrogen-bond donors (Lipinski definition) is 1. The number of aryl methyl sites for hydroxylation is 2. The molecule has 31 heavy (non-hydrogen) atoms. The molecule has 1 fully saturated rings. The molecule has 3 aromatic rings. The number of rotatable bonds is 6. The first kappa shape index (κ1) is 21.7. The Morgan fingerprint density at radius 2 is 1.84 bits per heavy atom. The van der Waals surface area contributed by atoms with E-state index < -0.39 is 0 Å². The van der Waals surface area contributed by atoms with Gasteiger partial charge in [-0.1, -0.05) is 30.0 Å². The molecule has 2 amide bonds. The lowest BCUT2D eigenvalue weighted by atomic mass is 10.1. The SMILES string of the molecule is Cc1cccc(C)c1NC(=O)CN1CCN(C(=O)CSc2ncnc3sccc23)CC1. The summed E-state index contributed by atoms with van der Waals surface area (Å²) in [6, 6.07) is 7.98. The second-order valence-corrected chi connectivity index (χ2v) is 9.44. The molecule has 162 valence electrons. The Balaban J connectivity index is 1.24. The number of nitrogens with zero attached hydrogens (tertiary/aromatic N) is 4. The molecule has 0 unspecified atom stereocenters. The first-order chi connectivity index (χ1) is 15.0. The fourth-order valence-electron chi connectivity index (χ4n) is 3.65. The summed E-state index contributed by atoms with van der Waals surface area (Å²) >= 11 is 3.03. The van der Waals surface area contributed by atoms with Crippen LogP contribution in [0.15, 0.2) is 41.0 Å². The molecule has 1 aliphatic rings. The van der Waals surface area contributed by atoms with Crippen LogP contribution in [0.25, 0.3) is 10.2 Å². The van der Waals surface area contributed by atoms with Gasteiger partial charge in [0.1, 0.15) is 16.2 Å². The van der Waals surface area contributed by atoms with E-state index in [-0.39, 0.29) is 11.8 Å². The van der Waals surface area contributed by atoms with E-state index in [9.17, 15) is 9.59 Å². The summed E-state index contributed by atoms with van der Waals surface area (Å²) in [5.74, 6) is 0.442. The average Bonchev–Trinajstić information content (AvgIpc) is 3.25. The van der Waals surface area contributed by atoms with Crippen LogP contribution in [-0.2, 0) is 9.59 Å². The number of piperazine rings is 1. The van der Waals surface area contributed by atoms with Gasteiger partial charge in [-0.3, -0.25) is 14.5 Å². The quantitative estimate of drug-likeness (QED) is 0.454. The molecule has 4 rings (SSSR count). The van der Waals surface area contributed by atoms with Crippen molar-refractivity contribution in [1.29, 1.82) is 0 Å². The number of thioether (sulfide) groups is 1. The Hall–Kier alpha value is -2.49. The van der Waals surface area contributed by atoms with E-state index in [1.165, 1.54) is 11.8 Å². The minimum atomic E-state index is -0.0173. The summed E-state index contributed by atoms with van der Waals surface area (Å²) < 4.78 is 0. The molecule has 0 radical (unpaired) electrons. The predicted octanol–water partition coefficient (Wildman–Crippen LogP) is 3.18. The van der Waals surface area contributed by atoms with Crippen LogP contribution in [0.3, 0.4) is 0 Å². The smallest absolute Gasteiger partial charge is 0.238 e. The fraction of sp³-hybridized carbons (Fsp3) is 0.364. The normalized spacial score (nSPS) is 14.7. The van der Waals surface area contributed by atoms with Crippen molar-refractivity contribution in [2.24, 2.45) is 0 Å². The van der Waals surface area contributed by atoms with Crippen LogP contribution in [0.2, 0.25) is 0 Å². The van der Waals surface area contributed by atoms with E-state index in [1.54, 1.807) is 17.7 Å². The van der Waals surface area contributed by atoms with Crippen molar-refractivity contribution in [2.75, 3.05) is 43.8 Å². The Bertz CT molecular complexity index is 1070. The average molecular weight is 456 g/mol. The molecule has 3 heterocycles. The van der Waals surface area contributed by atoms with Gasteiger partial charge in [0.05, 0.1) is 12.3 Å². The van der Waals surface area contributed by atoms with Crippen LogP contribution in [0.1, 0.15) is 11.1 Å². The Kier molecular flexibility index (Phi) is 6.84. The molecule has 0 atom stereocenters. The van der Waals surface area contributed by atoms with Gasteiger partial charge >= 0.3 is 0 Å². The maximum absolute atomic E-state index is 12.7. The van der Waals surface area contributed by atoms with Crippen LogP contribution >= 0.6 is 23.1 Å². The van der Waals surface area contributed by atoms with Crippen molar-refractivity contribution in [3.8, 4) is 0 Å². The van der Waals surface area contributed by atoms with Gasteiger partial charge in [0.25, 0.3) is 0 Å². The molecule has 1 N–H and O–H groups in total. The van der Waals surface area contributed by atoms with Crippen molar-refractivity contribution in [3.05, 3.63) is 47.1 Å². The van der Waals surface area contributed by atoms with Crippen molar-refractivity contribution < 1.29 is 9.59 Å². The molecule has 9 heteroatoms. The van der Waals surface area contributed by atoms with Crippen molar-refractivity contribution in [2.45, 2.75) is 18.9 Å². The zero-order valence-corrected chi connectivity index (χ0v) is 19.3. The summed E-state index contributed by atoms with van der Waals surface area (Å²) in [5, 5.41) is 6.88. The lowest BCUT2D eigenvalue weighted by molar-refractivity contribution is -0.130. The van der Waals surface area contributed by atoms with Gasteiger partial charge in [0.15, 0.2) is 0 Å². The van der Waals surface area contributed by atoms with E-state index in [1.807, 2.05) is 48.4 Å². The molecule has 7 nitrogen and oxygen atoms in total. The van der Waals surface area contributed by atoms with E-state index in [2.05, 4.69) is 20.2 Å². The Morgan fingerprint density at radius 3 is 2.58 bits per heavy atom. The number of fused-ring (bicyclic) bond motifs is 1. The molecule has 0 saturated carbocycles. The monoisotopic (exact) mass is 455 g/mol. The number of amides is 2. The lowest BCUT2D eigenvalue weighted by Crippen LogP contribution is -2.50. The van der Waals surface area contributed by atoms with Gasteiger partial charge < -0.3 is 10.2 Å². The van der Waals surface area contributed by atoms with Crippen LogP contribution in [-0.4, -0.2) is 70.1 Å². The second kappa shape index (κ2) is 9.76. The van der Waals surface area contributed by atoms with Crippen LogP contribution in [0, 0.1) is 13.8 Å². The minimum absolute atomic E-state index is 0.0173. The molecule has 0 spiro atoms. The summed E-state index contributed by atoms with van der Waals surface area (Å²) in [6.45, 7) is 6.98. The van der Waals surface area contributed by atoms with Gasteiger partial charge in [-0.05, 0) is 36.4 Å². The first-order valence-corrected chi connectivity index (χ1v) is 12.0. The number of carbonyl (C=O) groups is 2. The molecule has 1 aromatic carbocycles. The molecule has 1 aliphatic heterocycles. The number of anilines is 1. The second-order valence-electron chi connectivity index (χ2n) is 7.58. The maximum atomic E-state index is 12.7. The predicted molar refractivity (Wildman–Crippen MR) is 126 cm³/mol. The molecule has 0 bridgehead atoms. The maximum Gasteiger partial charge on any atom is 0.238 e. The van der Waals surface area contributed by atoms with Gasteiger partial charge in [-0.15, -0.1) is 11.3 Å². The Morgan fingerprint density at radius 1 is 1.10 bits per heavy atom. The van der Waals surface area contributed by atoms with E-state index >= 15 is 0 Å². The molecular weight excluding hydrogens is 430 g/mol. The highest BCUT2D eigenvalue weighted by atomic mass is 32.2. The van der Waals surface area contributed by atoms with E-state index in [0.29, 0.717) is 38.5 Å². The highest BCUT2D eigenvalue weighted by Crippen LogP contribution is 2.27. The fourth-order valence-corrected chi connectivity index (χ4v) is 5.33. The van der Waals surface area contributed by atoms with Gasteiger partial charge in [-0.25, -0.2) is 9.97 Å². The standard InChI is InChI=1S/C22H25N5O2S2/c1-15-4-3-5-16(2)20(15)25-18(28)12-26-7-9-27(10-8-26)19(29)13-31-22-17-6-11-30-21(17)23-14-24-22/h3-6,11,14H,7-10,12-13H2,1-2H3,(H,25,28). The number of nitrogens with one attached hydrogen (secondary N) is 1. The molecule has 1 saturated heterocycles. The zero-order chi connectivity index (χ0) is 21.8. The van der Waals surface area contributed by atoms with Gasteiger partial charge in [0, 0.05) is 37.3 Å². The Labute approximate surface area is 189 Å². The van der Waals surface area contributed by atoms with Crippen LogP contribution in [0.5, 0.6) is 0 Å². The summed E-state index contributed by atoms with van der Waals surface area (Å²) in [4.78, 5) is 38.6. The lowest BCUT2D eigenvalue weighted by Gasteiger charge is -2.34. The number of benzene rings is 1. The summed E-state index contributed by atoms with van der Waals surface area (Å²) in [7, 11) is 0. The van der Waals surface area contributed by atoms with Crippen molar-refractivity contribution >= 4 is 50.8 Å². The zero-order valence-electron chi connectivity index (χ0n) is 17.6. The highest BCUT2D eigenvalue weighted by molar-refractivity contribution is 8.00. The number of thiophene rings is 1. The topological polar surface area (TPSA) is 78.4 Å². The van der Waals surface area contributed by atoms with Crippen LogP contribution in [0.4, 0.5) is 5.69 Å². The number of para-hydroxylation sites is 1. The summed E-state index contributed by atoms with van der Waals surface area (Å²) in [5.41, 5.74) is 3.01. The van der Waals surface area contributed by atoms with Gasteiger partial charge in [-0.2, -0.15) is 0 Å². The van der Waals surface area contributed by atoms with Crippen LogP contribution < -0.4 is 5.32 Å². The number of aromatic nitrogens is 2. The van der Waals surface area contributed by atoms with Gasteiger partial charge in [0.2, 0.25) is 11.8 Å². The number of hydrogen-bond acceptors (Lipinski definition) is 7. The molecular formula is C22H25N5O2S2. The minimum Gasteiger partial charge on any atom is -0.339 e. The van der Waals surface area contributed by atoms with Crippen molar-refractivity contribution in [1.82, 2.24) is 19.8 Å².